The lowest BCUT2D eigenvalue weighted by molar-refractivity contribution is 0.539. The van der Waals surface area contributed by atoms with Gasteiger partial charge in [-0.05, 0) is 48.9 Å². The third kappa shape index (κ3) is 2.84. The van der Waals surface area contributed by atoms with Crippen LogP contribution in [0.1, 0.15) is 18.4 Å². The first-order valence-electron chi connectivity index (χ1n) is 6.87. The van der Waals surface area contributed by atoms with Crippen LogP contribution in [0.2, 0.25) is 0 Å². The standard InChI is InChI=1S/C15H17BrN2O2S/c1-11-4-5-13(12-3-2-8-17-14(11)12)21(19,20)18-10-15(9-16)6-7-15/h2-5,8,18H,6-7,9-10H2,1H3. The molecule has 0 bridgehead atoms. The number of hydrogen-bond acceptors (Lipinski definition) is 3. The Labute approximate surface area is 133 Å². The van der Waals surface area contributed by atoms with Crippen LogP contribution in [-0.2, 0) is 10.0 Å². The number of nitrogens with zero attached hydrogens (tertiary/aromatic N) is 1. The van der Waals surface area contributed by atoms with Gasteiger partial charge in [-0.2, -0.15) is 0 Å². The number of rotatable bonds is 5. The largest absolute Gasteiger partial charge is 0.256 e. The van der Waals surface area contributed by atoms with Crippen LogP contribution in [0.3, 0.4) is 0 Å². The van der Waals surface area contributed by atoms with Crippen molar-refractivity contribution in [2.75, 3.05) is 11.9 Å². The Kier molecular flexibility index (Phi) is 3.80. The summed E-state index contributed by atoms with van der Waals surface area (Å²) >= 11 is 3.46. The number of nitrogens with one attached hydrogen (secondary N) is 1. The molecule has 1 aliphatic carbocycles. The summed E-state index contributed by atoms with van der Waals surface area (Å²) in [5, 5.41) is 1.51. The molecule has 3 rings (SSSR count). The van der Waals surface area contributed by atoms with E-state index in [1.165, 1.54) is 0 Å². The quantitative estimate of drug-likeness (QED) is 0.825. The Bertz CT molecular complexity index is 785. The molecule has 1 aromatic heterocycles. The van der Waals surface area contributed by atoms with Crippen molar-refractivity contribution in [3.05, 3.63) is 36.0 Å². The van der Waals surface area contributed by atoms with Crippen molar-refractivity contribution < 1.29 is 8.42 Å². The van der Waals surface area contributed by atoms with E-state index in [1.54, 1.807) is 30.5 Å². The number of pyridine rings is 1. The average Bonchev–Trinajstić information content (AvgIpc) is 3.26. The first-order valence-corrected chi connectivity index (χ1v) is 9.48. The summed E-state index contributed by atoms with van der Waals surface area (Å²) in [6, 6.07) is 7.04. The Balaban J connectivity index is 1.97. The summed E-state index contributed by atoms with van der Waals surface area (Å²) in [7, 11) is -3.52. The molecule has 0 amide bonds. The van der Waals surface area contributed by atoms with Gasteiger partial charge >= 0.3 is 0 Å². The second-order valence-corrected chi connectivity index (χ2v) is 8.03. The fourth-order valence-corrected chi connectivity index (χ4v) is 4.49. The Morgan fingerprint density at radius 1 is 1.33 bits per heavy atom. The van der Waals surface area contributed by atoms with Crippen LogP contribution in [0.4, 0.5) is 0 Å². The van der Waals surface area contributed by atoms with Gasteiger partial charge in [-0.3, -0.25) is 4.98 Å². The van der Waals surface area contributed by atoms with Gasteiger partial charge in [0.05, 0.1) is 10.4 Å². The van der Waals surface area contributed by atoms with Crippen LogP contribution in [0.5, 0.6) is 0 Å². The van der Waals surface area contributed by atoms with Crippen molar-refractivity contribution >= 4 is 36.9 Å². The smallest absolute Gasteiger partial charge is 0.241 e. The van der Waals surface area contributed by atoms with E-state index in [2.05, 4.69) is 25.6 Å². The Morgan fingerprint density at radius 2 is 2.10 bits per heavy atom. The molecule has 0 unspecified atom stereocenters. The molecule has 0 spiro atoms. The first-order chi connectivity index (χ1) is 9.97. The van der Waals surface area contributed by atoms with E-state index in [9.17, 15) is 8.42 Å². The molecule has 21 heavy (non-hydrogen) atoms. The topological polar surface area (TPSA) is 59.1 Å². The zero-order valence-electron chi connectivity index (χ0n) is 11.8. The monoisotopic (exact) mass is 368 g/mol. The van der Waals surface area contributed by atoms with Gasteiger partial charge in [0.15, 0.2) is 0 Å². The fourth-order valence-electron chi connectivity index (χ4n) is 2.38. The maximum atomic E-state index is 12.6. The van der Waals surface area contributed by atoms with Crippen LogP contribution in [0.25, 0.3) is 10.9 Å². The highest BCUT2D eigenvalue weighted by Gasteiger charge is 2.42. The zero-order valence-corrected chi connectivity index (χ0v) is 14.2. The number of fused-ring (bicyclic) bond motifs is 1. The molecule has 112 valence electrons. The predicted octanol–water partition coefficient (Wildman–Crippen LogP) is 3.00. The van der Waals surface area contributed by atoms with Crippen molar-refractivity contribution in [2.24, 2.45) is 5.41 Å². The summed E-state index contributed by atoms with van der Waals surface area (Å²) in [6.45, 7) is 2.42. The Hall–Kier alpha value is -0.980. The summed E-state index contributed by atoms with van der Waals surface area (Å²) < 4.78 is 27.9. The molecule has 1 fully saturated rings. The molecule has 0 aliphatic heterocycles. The van der Waals surface area contributed by atoms with Crippen LogP contribution in [0, 0.1) is 12.3 Å². The summed E-state index contributed by atoms with van der Waals surface area (Å²) in [5.41, 5.74) is 1.82. The minimum absolute atomic E-state index is 0.103. The molecule has 0 saturated heterocycles. The highest BCUT2D eigenvalue weighted by molar-refractivity contribution is 9.09. The first kappa shape index (κ1) is 14.9. The number of alkyl halides is 1. The summed E-state index contributed by atoms with van der Waals surface area (Å²) in [4.78, 5) is 4.60. The molecule has 0 radical (unpaired) electrons. The van der Waals surface area contributed by atoms with Crippen LogP contribution >= 0.6 is 15.9 Å². The van der Waals surface area contributed by atoms with Gasteiger partial charge in [0.2, 0.25) is 10.0 Å². The zero-order chi connectivity index (χ0) is 15.1. The van der Waals surface area contributed by atoms with E-state index >= 15 is 0 Å². The van der Waals surface area contributed by atoms with Crippen molar-refractivity contribution in [1.29, 1.82) is 0 Å². The molecule has 1 N–H and O–H groups in total. The van der Waals surface area contributed by atoms with E-state index in [0.717, 1.165) is 29.3 Å². The van der Waals surface area contributed by atoms with Crippen molar-refractivity contribution in [2.45, 2.75) is 24.7 Å². The third-order valence-electron chi connectivity index (χ3n) is 4.10. The van der Waals surface area contributed by atoms with E-state index in [4.69, 9.17) is 0 Å². The molecular weight excluding hydrogens is 352 g/mol. The van der Waals surface area contributed by atoms with E-state index in [1.807, 2.05) is 6.92 Å². The second-order valence-electron chi connectivity index (χ2n) is 5.74. The number of hydrogen-bond donors (Lipinski definition) is 1. The van der Waals surface area contributed by atoms with Gasteiger partial charge in [-0.25, -0.2) is 13.1 Å². The van der Waals surface area contributed by atoms with Gasteiger partial charge in [-0.1, -0.05) is 22.0 Å². The van der Waals surface area contributed by atoms with Crippen LogP contribution in [-0.4, -0.2) is 25.3 Å². The van der Waals surface area contributed by atoms with Gasteiger partial charge in [0.25, 0.3) is 0 Å². The number of sulfonamides is 1. The lowest BCUT2D eigenvalue weighted by Crippen LogP contribution is -2.31. The molecule has 2 aromatic rings. The van der Waals surface area contributed by atoms with E-state index in [0.29, 0.717) is 16.8 Å². The third-order valence-corrected chi connectivity index (χ3v) is 6.75. The minimum atomic E-state index is -3.52. The number of aryl methyl sites for hydroxylation is 1. The van der Waals surface area contributed by atoms with E-state index in [-0.39, 0.29) is 5.41 Å². The van der Waals surface area contributed by atoms with Gasteiger partial charge in [-0.15, -0.1) is 0 Å². The van der Waals surface area contributed by atoms with Gasteiger partial charge in [0.1, 0.15) is 0 Å². The van der Waals surface area contributed by atoms with E-state index < -0.39 is 10.0 Å². The second kappa shape index (κ2) is 5.34. The van der Waals surface area contributed by atoms with Crippen LogP contribution < -0.4 is 4.72 Å². The molecule has 1 aromatic carbocycles. The number of benzene rings is 1. The molecule has 0 atom stereocenters. The maximum absolute atomic E-state index is 12.6. The van der Waals surface area contributed by atoms with Crippen molar-refractivity contribution in [1.82, 2.24) is 9.71 Å². The fraction of sp³-hybridized carbons (Fsp3) is 0.400. The molecule has 6 heteroatoms. The molecule has 1 aliphatic rings. The normalized spacial score (nSPS) is 17.0. The molecule has 1 saturated carbocycles. The summed E-state index contributed by atoms with van der Waals surface area (Å²) in [5.74, 6) is 0. The van der Waals surface area contributed by atoms with Gasteiger partial charge < -0.3 is 0 Å². The number of halogens is 1. The molecule has 4 nitrogen and oxygen atoms in total. The van der Waals surface area contributed by atoms with Gasteiger partial charge in [0, 0.05) is 23.5 Å². The summed E-state index contributed by atoms with van der Waals surface area (Å²) in [6.07, 6.45) is 3.82. The predicted molar refractivity (Wildman–Crippen MR) is 87.1 cm³/mol. The van der Waals surface area contributed by atoms with Crippen molar-refractivity contribution in [3.63, 3.8) is 0 Å². The SMILES string of the molecule is Cc1ccc(S(=O)(=O)NCC2(CBr)CC2)c2cccnc12. The molecular formula is C15H17BrN2O2S. The number of aromatic nitrogens is 1. The minimum Gasteiger partial charge on any atom is -0.256 e. The Morgan fingerprint density at radius 3 is 2.76 bits per heavy atom. The van der Waals surface area contributed by atoms with Crippen molar-refractivity contribution in [3.8, 4) is 0 Å². The van der Waals surface area contributed by atoms with Crippen LogP contribution in [0.15, 0.2) is 35.4 Å². The molecule has 1 heterocycles. The maximum Gasteiger partial charge on any atom is 0.241 e. The lowest BCUT2D eigenvalue weighted by Gasteiger charge is -2.14. The highest BCUT2D eigenvalue weighted by Crippen LogP contribution is 2.46. The lowest BCUT2D eigenvalue weighted by atomic mass is 10.1. The average molecular weight is 369 g/mol. The highest BCUT2D eigenvalue weighted by atomic mass is 79.9.